The van der Waals surface area contributed by atoms with E-state index in [1.54, 1.807) is 0 Å². The molecule has 1 aliphatic rings. The van der Waals surface area contributed by atoms with Crippen molar-refractivity contribution in [2.75, 3.05) is 13.6 Å². The van der Waals surface area contributed by atoms with Crippen molar-refractivity contribution in [3.8, 4) is 0 Å². The van der Waals surface area contributed by atoms with E-state index in [1.807, 2.05) is 0 Å². The maximum Gasteiger partial charge on any atom is 0.0130 e. The van der Waals surface area contributed by atoms with E-state index >= 15 is 0 Å². The highest BCUT2D eigenvalue weighted by atomic mass is 127. The van der Waals surface area contributed by atoms with E-state index in [1.165, 1.54) is 41.2 Å². The highest BCUT2D eigenvalue weighted by Crippen LogP contribution is 2.33. The lowest BCUT2D eigenvalue weighted by Gasteiger charge is -2.23. The average Bonchev–Trinajstić information content (AvgIpc) is 2.85. The molecule has 0 saturated heterocycles. The number of nitrogens with one attached hydrogen (secondary N) is 1. The van der Waals surface area contributed by atoms with Crippen LogP contribution in [-0.2, 0) is 6.42 Å². The molecule has 0 amide bonds. The van der Waals surface area contributed by atoms with Crippen LogP contribution in [0, 0.1) is 15.4 Å². The molecule has 1 fully saturated rings. The Balaban J connectivity index is 1.98. The number of halogens is 1. The number of rotatable bonds is 5. The van der Waals surface area contributed by atoms with E-state index in [0.717, 1.165) is 18.4 Å². The second kappa shape index (κ2) is 6.74. The van der Waals surface area contributed by atoms with Crippen LogP contribution in [0.1, 0.15) is 31.2 Å². The first-order valence-corrected chi connectivity index (χ1v) is 7.76. The number of hydrogen-bond donors (Lipinski definition) is 1. The number of benzene rings is 1. The normalized spacial score (nSPS) is 18.5. The maximum atomic E-state index is 3.37. The van der Waals surface area contributed by atoms with Gasteiger partial charge in [-0.3, -0.25) is 0 Å². The van der Waals surface area contributed by atoms with E-state index in [9.17, 15) is 0 Å². The van der Waals surface area contributed by atoms with Gasteiger partial charge >= 0.3 is 0 Å². The molecule has 1 aromatic carbocycles. The van der Waals surface area contributed by atoms with Gasteiger partial charge in [-0.05, 0) is 72.1 Å². The predicted molar refractivity (Wildman–Crippen MR) is 82.2 cm³/mol. The topological polar surface area (TPSA) is 12.0 Å². The molecule has 94 valence electrons. The van der Waals surface area contributed by atoms with Crippen LogP contribution in [0.5, 0.6) is 0 Å². The largest absolute Gasteiger partial charge is 0.319 e. The molecule has 1 unspecified atom stereocenters. The molecule has 1 atom stereocenters. The van der Waals surface area contributed by atoms with Crippen LogP contribution in [0.3, 0.4) is 0 Å². The standard InChI is InChI=1S/C15H22IN/c1-17-11-14(13-4-2-3-5-13)10-12-6-8-15(16)9-7-12/h6-9,13-14,17H,2-5,10-11H2,1H3. The second-order valence-corrected chi connectivity index (χ2v) is 6.44. The Labute approximate surface area is 119 Å². The van der Waals surface area contributed by atoms with Crippen LogP contribution >= 0.6 is 22.6 Å². The summed E-state index contributed by atoms with van der Waals surface area (Å²) < 4.78 is 1.33. The first kappa shape index (κ1) is 13.3. The van der Waals surface area contributed by atoms with E-state index in [-0.39, 0.29) is 0 Å². The summed E-state index contributed by atoms with van der Waals surface area (Å²) in [4.78, 5) is 0. The monoisotopic (exact) mass is 343 g/mol. The maximum absolute atomic E-state index is 3.37. The van der Waals surface area contributed by atoms with Gasteiger partial charge in [0.05, 0.1) is 0 Å². The SMILES string of the molecule is CNCC(Cc1ccc(I)cc1)C1CCCC1. The summed E-state index contributed by atoms with van der Waals surface area (Å²) >= 11 is 2.37. The van der Waals surface area contributed by atoms with Crippen molar-refractivity contribution in [1.29, 1.82) is 0 Å². The first-order chi connectivity index (χ1) is 8.29. The molecule has 0 aromatic heterocycles. The summed E-state index contributed by atoms with van der Waals surface area (Å²) in [5.74, 6) is 1.77. The molecular formula is C15H22IN. The fourth-order valence-corrected chi connectivity index (χ4v) is 3.38. The molecule has 1 aromatic rings. The smallest absolute Gasteiger partial charge is 0.0130 e. The van der Waals surface area contributed by atoms with Gasteiger partial charge in [-0.25, -0.2) is 0 Å². The molecule has 0 heterocycles. The summed E-state index contributed by atoms with van der Waals surface area (Å²) in [6.07, 6.45) is 7.00. The van der Waals surface area contributed by atoms with Gasteiger partial charge < -0.3 is 5.32 Å². The van der Waals surface area contributed by atoms with Gasteiger partial charge in [0, 0.05) is 3.57 Å². The van der Waals surface area contributed by atoms with Crippen LogP contribution in [0.15, 0.2) is 24.3 Å². The first-order valence-electron chi connectivity index (χ1n) is 6.68. The molecule has 0 bridgehead atoms. The summed E-state index contributed by atoms with van der Waals surface area (Å²) in [6.45, 7) is 1.16. The molecule has 17 heavy (non-hydrogen) atoms. The zero-order valence-electron chi connectivity index (χ0n) is 10.6. The Morgan fingerprint density at radius 2 is 1.88 bits per heavy atom. The van der Waals surface area contributed by atoms with E-state index in [0.29, 0.717) is 0 Å². The lowest BCUT2D eigenvalue weighted by atomic mass is 9.85. The van der Waals surface area contributed by atoms with E-state index < -0.39 is 0 Å². The molecule has 1 nitrogen and oxygen atoms in total. The predicted octanol–water partition coefficient (Wildman–Crippen LogP) is 3.86. The summed E-state index contributed by atoms with van der Waals surface area (Å²) in [7, 11) is 2.08. The third kappa shape index (κ3) is 3.95. The van der Waals surface area contributed by atoms with Gasteiger partial charge in [0.15, 0.2) is 0 Å². The van der Waals surface area contributed by atoms with Crippen molar-refractivity contribution in [2.45, 2.75) is 32.1 Å². The molecule has 0 aliphatic heterocycles. The zero-order valence-corrected chi connectivity index (χ0v) is 12.7. The van der Waals surface area contributed by atoms with Crippen molar-refractivity contribution in [3.05, 3.63) is 33.4 Å². The van der Waals surface area contributed by atoms with E-state index in [2.05, 4.69) is 59.2 Å². The van der Waals surface area contributed by atoms with Gasteiger partial charge in [0.25, 0.3) is 0 Å². The Bertz CT molecular complexity index is 327. The molecule has 2 rings (SSSR count). The average molecular weight is 343 g/mol. The summed E-state index contributed by atoms with van der Waals surface area (Å²) in [5, 5.41) is 3.37. The lowest BCUT2D eigenvalue weighted by Crippen LogP contribution is -2.26. The highest BCUT2D eigenvalue weighted by Gasteiger charge is 2.24. The quantitative estimate of drug-likeness (QED) is 0.801. The summed E-state index contributed by atoms with van der Waals surface area (Å²) in [5.41, 5.74) is 1.50. The van der Waals surface area contributed by atoms with Crippen LogP contribution in [0.25, 0.3) is 0 Å². The molecular weight excluding hydrogens is 321 g/mol. The van der Waals surface area contributed by atoms with Crippen molar-refractivity contribution in [1.82, 2.24) is 5.32 Å². The van der Waals surface area contributed by atoms with Gasteiger partial charge in [-0.2, -0.15) is 0 Å². The second-order valence-electron chi connectivity index (χ2n) is 5.19. The minimum absolute atomic E-state index is 0.822. The Morgan fingerprint density at radius 3 is 2.47 bits per heavy atom. The Hall–Kier alpha value is -0.0900. The van der Waals surface area contributed by atoms with Crippen molar-refractivity contribution >= 4 is 22.6 Å². The third-order valence-electron chi connectivity index (χ3n) is 3.94. The Kier molecular flexibility index (Phi) is 5.29. The van der Waals surface area contributed by atoms with Crippen LogP contribution in [-0.4, -0.2) is 13.6 Å². The minimum atomic E-state index is 0.822. The van der Waals surface area contributed by atoms with Crippen LogP contribution < -0.4 is 5.32 Å². The molecule has 1 N–H and O–H groups in total. The van der Waals surface area contributed by atoms with Gasteiger partial charge in [-0.15, -0.1) is 0 Å². The Morgan fingerprint density at radius 1 is 1.24 bits per heavy atom. The highest BCUT2D eigenvalue weighted by molar-refractivity contribution is 14.1. The zero-order chi connectivity index (χ0) is 12.1. The summed E-state index contributed by atoms with van der Waals surface area (Å²) in [6, 6.07) is 9.03. The molecule has 1 saturated carbocycles. The van der Waals surface area contributed by atoms with E-state index in [4.69, 9.17) is 0 Å². The van der Waals surface area contributed by atoms with Crippen molar-refractivity contribution < 1.29 is 0 Å². The van der Waals surface area contributed by atoms with Crippen molar-refractivity contribution in [3.63, 3.8) is 0 Å². The van der Waals surface area contributed by atoms with Crippen molar-refractivity contribution in [2.24, 2.45) is 11.8 Å². The van der Waals surface area contributed by atoms with Gasteiger partial charge in [0.2, 0.25) is 0 Å². The molecule has 2 heteroatoms. The minimum Gasteiger partial charge on any atom is -0.319 e. The third-order valence-corrected chi connectivity index (χ3v) is 4.66. The van der Waals surface area contributed by atoms with Crippen LogP contribution in [0.2, 0.25) is 0 Å². The number of hydrogen-bond acceptors (Lipinski definition) is 1. The van der Waals surface area contributed by atoms with Gasteiger partial charge in [-0.1, -0.05) is 37.8 Å². The molecule has 0 spiro atoms. The molecule has 1 aliphatic carbocycles. The lowest BCUT2D eigenvalue weighted by molar-refractivity contribution is 0.328. The molecule has 0 radical (unpaired) electrons. The fourth-order valence-electron chi connectivity index (χ4n) is 3.02. The van der Waals surface area contributed by atoms with Crippen LogP contribution in [0.4, 0.5) is 0 Å². The van der Waals surface area contributed by atoms with Gasteiger partial charge in [0.1, 0.15) is 0 Å². The fraction of sp³-hybridized carbons (Fsp3) is 0.600.